The Kier molecular flexibility index (Phi) is 4.01. The molecule has 8 heteroatoms. The molecular formula is C12H9BrN4O2S. The molecule has 2 aromatic rings. The Balaban J connectivity index is 2.41. The van der Waals surface area contributed by atoms with E-state index in [0.717, 1.165) is 10.0 Å². The van der Waals surface area contributed by atoms with E-state index in [1.165, 1.54) is 24.5 Å². The molecule has 0 spiro atoms. The van der Waals surface area contributed by atoms with Gasteiger partial charge in [-0.05, 0) is 46.6 Å². The molecule has 2 rings (SSSR count). The van der Waals surface area contributed by atoms with Gasteiger partial charge < -0.3 is 0 Å². The minimum absolute atomic E-state index is 0.158. The maximum Gasteiger partial charge on any atom is 0.265 e. The van der Waals surface area contributed by atoms with Crippen molar-refractivity contribution in [3.63, 3.8) is 0 Å². The second kappa shape index (κ2) is 5.56. The molecule has 2 heterocycles. The number of anilines is 1. The molecule has 0 aliphatic carbocycles. The number of nitrogens with one attached hydrogen (secondary N) is 1. The minimum atomic E-state index is -3.90. The number of hydrogen-bond acceptors (Lipinski definition) is 5. The van der Waals surface area contributed by atoms with Crippen LogP contribution in [0.1, 0.15) is 11.3 Å². The summed E-state index contributed by atoms with van der Waals surface area (Å²) >= 11 is 3.28. The summed E-state index contributed by atoms with van der Waals surface area (Å²) in [4.78, 5) is 7.52. The molecule has 0 atom stereocenters. The van der Waals surface area contributed by atoms with Crippen molar-refractivity contribution in [3.8, 4) is 6.07 Å². The summed E-state index contributed by atoms with van der Waals surface area (Å²) in [5, 5.41) is 8.90. The average molecular weight is 353 g/mol. The Labute approximate surface area is 124 Å². The van der Waals surface area contributed by atoms with Crippen LogP contribution in [0, 0.1) is 18.3 Å². The van der Waals surface area contributed by atoms with Crippen LogP contribution in [0.2, 0.25) is 0 Å². The Morgan fingerprint density at radius 2 is 2.15 bits per heavy atom. The lowest BCUT2D eigenvalue weighted by atomic mass is 10.3. The summed E-state index contributed by atoms with van der Waals surface area (Å²) in [6.07, 6.45) is 2.86. The van der Waals surface area contributed by atoms with E-state index in [-0.39, 0.29) is 16.4 Å². The van der Waals surface area contributed by atoms with Gasteiger partial charge in [-0.1, -0.05) is 0 Å². The molecule has 20 heavy (non-hydrogen) atoms. The van der Waals surface area contributed by atoms with Crippen LogP contribution in [-0.4, -0.2) is 18.4 Å². The molecule has 0 aliphatic rings. The SMILES string of the molecule is Cc1cc(NS(=O)(=O)c2cccnc2C#N)ncc1Br. The van der Waals surface area contributed by atoms with E-state index >= 15 is 0 Å². The first-order chi connectivity index (χ1) is 9.44. The van der Waals surface area contributed by atoms with E-state index in [4.69, 9.17) is 5.26 Å². The molecule has 6 nitrogen and oxygen atoms in total. The van der Waals surface area contributed by atoms with Gasteiger partial charge in [-0.25, -0.2) is 18.4 Å². The van der Waals surface area contributed by atoms with Gasteiger partial charge in [0.2, 0.25) is 0 Å². The molecule has 0 aromatic carbocycles. The fraction of sp³-hybridized carbons (Fsp3) is 0.0833. The van der Waals surface area contributed by atoms with Crippen molar-refractivity contribution in [1.82, 2.24) is 9.97 Å². The van der Waals surface area contributed by atoms with Crippen LogP contribution in [-0.2, 0) is 10.0 Å². The topological polar surface area (TPSA) is 95.7 Å². The lowest BCUT2D eigenvalue weighted by Crippen LogP contribution is -2.16. The lowest BCUT2D eigenvalue weighted by Gasteiger charge is -2.09. The molecule has 0 saturated heterocycles. The van der Waals surface area contributed by atoms with Gasteiger partial charge in [0.05, 0.1) is 0 Å². The number of aryl methyl sites for hydroxylation is 1. The van der Waals surface area contributed by atoms with E-state index in [1.807, 2.05) is 6.92 Å². The third kappa shape index (κ3) is 2.95. The Hall–Kier alpha value is -1.98. The zero-order valence-corrected chi connectivity index (χ0v) is 12.7. The number of hydrogen-bond donors (Lipinski definition) is 1. The highest BCUT2D eigenvalue weighted by molar-refractivity contribution is 9.10. The maximum absolute atomic E-state index is 12.2. The van der Waals surface area contributed by atoms with Gasteiger partial charge in [0.25, 0.3) is 10.0 Å². The summed E-state index contributed by atoms with van der Waals surface area (Å²) in [7, 11) is -3.90. The molecule has 0 fully saturated rings. The van der Waals surface area contributed by atoms with Gasteiger partial charge in [0.15, 0.2) is 5.69 Å². The van der Waals surface area contributed by atoms with Gasteiger partial charge in [-0.3, -0.25) is 4.72 Å². The van der Waals surface area contributed by atoms with Gasteiger partial charge in [0, 0.05) is 16.9 Å². The van der Waals surface area contributed by atoms with Crippen LogP contribution >= 0.6 is 15.9 Å². The predicted molar refractivity (Wildman–Crippen MR) is 76.4 cm³/mol. The van der Waals surface area contributed by atoms with E-state index in [1.54, 1.807) is 12.1 Å². The van der Waals surface area contributed by atoms with Crippen LogP contribution in [0.5, 0.6) is 0 Å². The van der Waals surface area contributed by atoms with Gasteiger partial charge >= 0.3 is 0 Å². The minimum Gasteiger partial charge on any atom is -0.263 e. The van der Waals surface area contributed by atoms with Gasteiger partial charge in [-0.15, -0.1) is 0 Å². The highest BCUT2D eigenvalue weighted by Crippen LogP contribution is 2.20. The molecule has 102 valence electrons. The number of halogens is 1. The number of sulfonamides is 1. The summed E-state index contributed by atoms with van der Waals surface area (Å²) < 4.78 is 27.6. The Morgan fingerprint density at radius 1 is 1.40 bits per heavy atom. The number of rotatable bonds is 3. The quantitative estimate of drug-likeness (QED) is 0.913. The van der Waals surface area contributed by atoms with Gasteiger partial charge in [-0.2, -0.15) is 5.26 Å². The summed E-state index contributed by atoms with van der Waals surface area (Å²) in [6, 6.07) is 6.11. The average Bonchev–Trinajstić information content (AvgIpc) is 2.42. The van der Waals surface area contributed by atoms with Crippen LogP contribution in [0.25, 0.3) is 0 Å². The monoisotopic (exact) mass is 352 g/mol. The molecule has 0 bridgehead atoms. The molecule has 0 amide bonds. The normalized spacial score (nSPS) is 10.8. The number of nitrogens with zero attached hydrogens (tertiary/aromatic N) is 3. The fourth-order valence-corrected chi connectivity index (χ4v) is 2.80. The first kappa shape index (κ1) is 14.4. The van der Waals surface area contributed by atoms with Crippen molar-refractivity contribution in [2.75, 3.05) is 4.72 Å². The number of aromatic nitrogens is 2. The predicted octanol–water partition coefficient (Wildman–Crippen LogP) is 2.22. The largest absolute Gasteiger partial charge is 0.265 e. The Bertz CT molecular complexity index is 799. The maximum atomic E-state index is 12.2. The van der Waals surface area contributed by atoms with Gasteiger partial charge in [0.1, 0.15) is 16.8 Å². The molecule has 1 N–H and O–H groups in total. The van der Waals surface area contributed by atoms with Crippen molar-refractivity contribution in [2.45, 2.75) is 11.8 Å². The standard InChI is InChI=1S/C12H9BrN4O2S/c1-8-5-12(16-7-9(8)13)17-20(18,19)11-3-2-4-15-10(11)6-14/h2-5,7H,1H3,(H,16,17). The third-order valence-electron chi connectivity index (χ3n) is 2.45. The third-order valence-corrected chi connectivity index (χ3v) is 4.67. The zero-order chi connectivity index (χ0) is 14.8. The summed E-state index contributed by atoms with van der Waals surface area (Å²) in [5.74, 6) is 0.179. The highest BCUT2D eigenvalue weighted by atomic mass is 79.9. The van der Waals surface area contributed by atoms with E-state index in [0.29, 0.717) is 0 Å². The molecule has 0 saturated carbocycles. The summed E-state index contributed by atoms with van der Waals surface area (Å²) in [6.45, 7) is 1.81. The van der Waals surface area contributed by atoms with E-state index < -0.39 is 10.0 Å². The highest BCUT2D eigenvalue weighted by Gasteiger charge is 2.20. The van der Waals surface area contributed by atoms with Crippen molar-refractivity contribution >= 4 is 31.8 Å². The van der Waals surface area contributed by atoms with Crippen LogP contribution in [0.4, 0.5) is 5.82 Å². The lowest BCUT2D eigenvalue weighted by molar-refractivity contribution is 0.600. The molecular weight excluding hydrogens is 344 g/mol. The second-order valence-electron chi connectivity index (χ2n) is 3.89. The smallest absolute Gasteiger partial charge is 0.263 e. The number of pyridine rings is 2. The zero-order valence-electron chi connectivity index (χ0n) is 10.3. The first-order valence-corrected chi connectivity index (χ1v) is 7.72. The fourth-order valence-electron chi connectivity index (χ4n) is 1.48. The Morgan fingerprint density at radius 3 is 2.80 bits per heavy atom. The first-order valence-electron chi connectivity index (χ1n) is 5.44. The molecule has 2 aromatic heterocycles. The second-order valence-corrected chi connectivity index (χ2v) is 6.39. The van der Waals surface area contributed by atoms with Crippen LogP contribution < -0.4 is 4.72 Å². The van der Waals surface area contributed by atoms with Crippen molar-refractivity contribution in [3.05, 3.63) is 46.3 Å². The molecule has 0 unspecified atom stereocenters. The molecule has 0 aliphatic heterocycles. The number of nitriles is 1. The molecule has 0 radical (unpaired) electrons. The summed E-state index contributed by atoms with van der Waals surface area (Å²) in [5.41, 5.74) is 0.679. The van der Waals surface area contributed by atoms with E-state index in [2.05, 4.69) is 30.6 Å². The van der Waals surface area contributed by atoms with Crippen molar-refractivity contribution in [2.24, 2.45) is 0 Å². The van der Waals surface area contributed by atoms with Crippen LogP contribution in [0.3, 0.4) is 0 Å². The van der Waals surface area contributed by atoms with Crippen molar-refractivity contribution in [1.29, 1.82) is 5.26 Å². The van der Waals surface area contributed by atoms with Crippen molar-refractivity contribution < 1.29 is 8.42 Å². The van der Waals surface area contributed by atoms with Crippen LogP contribution in [0.15, 0.2) is 40.0 Å². The van der Waals surface area contributed by atoms with E-state index in [9.17, 15) is 8.42 Å².